The SMILES string of the molecule is CCCC(=O)Nc1cccc(NC(=O)CCCCCCN)c1C.Cl. The molecule has 0 fully saturated rings. The summed E-state index contributed by atoms with van der Waals surface area (Å²) in [4.78, 5) is 23.7. The molecule has 0 aliphatic heterocycles. The van der Waals surface area contributed by atoms with Crippen LogP contribution in [0.1, 0.15) is 57.4 Å². The van der Waals surface area contributed by atoms with Crippen LogP contribution in [-0.2, 0) is 9.59 Å². The monoisotopic (exact) mass is 355 g/mol. The molecule has 0 unspecified atom stereocenters. The Morgan fingerprint density at radius 3 is 2.04 bits per heavy atom. The summed E-state index contributed by atoms with van der Waals surface area (Å²) in [6.45, 7) is 4.58. The molecule has 136 valence electrons. The molecule has 4 N–H and O–H groups in total. The Labute approximate surface area is 151 Å². The minimum absolute atomic E-state index is 0. The van der Waals surface area contributed by atoms with E-state index in [1.165, 1.54) is 0 Å². The number of rotatable bonds is 10. The predicted molar refractivity (Wildman–Crippen MR) is 103 cm³/mol. The third-order valence-electron chi connectivity index (χ3n) is 3.72. The van der Waals surface area contributed by atoms with Gasteiger partial charge in [-0.3, -0.25) is 9.59 Å². The van der Waals surface area contributed by atoms with Gasteiger partial charge in [-0.05, 0) is 50.4 Å². The van der Waals surface area contributed by atoms with E-state index in [0.717, 1.165) is 49.0 Å². The number of nitrogens with two attached hydrogens (primary N) is 1. The maximum atomic E-state index is 12.0. The van der Waals surface area contributed by atoms with E-state index >= 15 is 0 Å². The van der Waals surface area contributed by atoms with Crippen molar-refractivity contribution in [2.24, 2.45) is 5.73 Å². The first-order chi connectivity index (χ1) is 11.1. The van der Waals surface area contributed by atoms with Crippen LogP contribution < -0.4 is 16.4 Å². The topological polar surface area (TPSA) is 84.2 Å². The Morgan fingerprint density at radius 1 is 0.958 bits per heavy atom. The normalized spacial score (nSPS) is 9.96. The second-order valence-electron chi connectivity index (χ2n) is 5.78. The maximum absolute atomic E-state index is 12.0. The molecule has 1 aromatic carbocycles. The molecule has 5 nitrogen and oxygen atoms in total. The molecular formula is C18H30ClN3O2. The Balaban J connectivity index is 0.00000529. The lowest BCUT2D eigenvalue weighted by Gasteiger charge is -2.13. The molecule has 1 rings (SSSR count). The molecule has 0 bridgehead atoms. The van der Waals surface area contributed by atoms with Gasteiger partial charge in [0.05, 0.1) is 0 Å². The predicted octanol–water partition coefficient (Wildman–Crippen LogP) is 4.00. The Hall–Kier alpha value is -1.59. The fraction of sp³-hybridized carbons (Fsp3) is 0.556. The number of nitrogens with one attached hydrogen (secondary N) is 2. The number of carbonyl (C=O) groups excluding carboxylic acids is 2. The van der Waals surface area contributed by atoms with Gasteiger partial charge in [0, 0.05) is 24.2 Å². The number of amides is 2. The van der Waals surface area contributed by atoms with Gasteiger partial charge < -0.3 is 16.4 Å². The third kappa shape index (κ3) is 8.31. The van der Waals surface area contributed by atoms with Gasteiger partial charge in [0.1, 0.15) is 0 Å². The van der Waals surface area contributed by atoms with Gasteiger partial charge in [0.25, 0.3) is 0 Å². The lowest BCUT2D eigenvalue weighted by atomic mass is 10.1. The Morgan fingerprint density at radius 2 is 1.50 bits per heavy atom. The number of hydrogen-bond acceptors (Lipinski definition) is 3. The summed E-state index contributed by atoms with van der Waals surface area (Å²) in [7, 11) is 0. The molecule has 1 aromatic rings. The zero-order valence-corrected chi connectivity index (χ0v) is 15.5. The van der Waals surface area contributed by atoms with Crippen LogP contribution in [0.5, 0.6) is 0 Å². The smallest absolute Gasteiger partial charge is 0.224 e. The molecule has 0 atom stereocenters. The van der Waals surface area contributed by atoms with Crippen molar-refractivity contribution in [1.29, 1.82) is 0 Å². The van der Waals surface area contributed by atoms with Gasteiger partial charge in [0.2, 0.25) is 11.8 Å². The first-order valence-corrected chi connectivity index (χ1v) is 8.47. The average Bonchev–Trinajstić information content (AvgIpc) is 2.51. The highest BCUT2D eigenvalue weighted by Gasteiger charge is 2.09. The number of unbranched alkanes of at least 4 members (excludes halogenated alkanes) is 3. The van der Waals surface area contributed by atoms with E-state index in [0.29, 0.717) is 19.4 Å². The van der Waals surface area contributed by atoms with Crippen molar-refractivity contribution in [2.75, 3.05) is 17.2 Å². The fourth-order valence-corrected chi connectivity index (χ4v) is 2.34. The number of hydrogen-bond donors (Lipinski definition) is 3. The summed E-state index contributed by atoms with van der Waals surface area (Å²) >= 11 is 0. The van der Waals surface area contributed by atoms with Crippen molar-refractivity contribution >= 4 is 35.6 Å². The first-order valence-electron chi connectivity index (χ1n) is 8.47. The van der Waals surface area contributed by atoms with E-state index in [1.54, 1.807) is 0 Å². The summed E-state index contributed by atoms with van der Waals surface area (Å²) in [6, 6.07) is 5.55. The van der Waals surface area contributed by atoms with E-state index in [1.807, 2.05) is 32.0 Å². The molecule has 0 heterocycles. The summed E-state index contributed by atoms with van der Waals surface area (Å²) in [6.07, 6.45) is 5.80. The van der Waals surface area contributed by atoms with Gasteiger partial charge >= 0.3 is 0 Å². The number of anilines is 2. The van der Waals surface area contributed by atoms with Crippen LogP contribution >= 0.6 is 12.4 Å². The average molecular weight is 356 g/mol. The van der Waals surface area contributed by atoms with Crippen molar-refractivity contribution in [3.8, 4) is 0 Å². The fourth-order valence-electron chi connectivity index (χ4n) is 2.34. The zero-order chi connectivity index (χ0) is 17.1. The Kier molecular flexibility index (Phi) is 11.9. The van der Waals surface area contributed by atoms with Gasteiger partial charge in [-0.15, -0.1) is 12.4 Å². The van der Waals surface area contributed by atoms with Crippen LogP contribution in [-0.4, -0.2) is 18.4 Å². The summed E-state index contributed by atoms with van der Waals surface area (Å²) in [5.74, 6) is 0.0110. The molecule has 0 spiro atoms. The first kappa shape index (κ1) is 22.4. The van der Waals surface area contributed by atoms with Gasteiger partial charge in [0.15, 0.2) is 0 Å². The lowest BCUT2D eigenvalue weighted by Crippen LogP contribution is -2.15. The molecule has 0 radical (unpaired) electrons. The van der Waals surface area contributed by atoms with E-state index < -0.39 is 0 Å². The maximum Gasteiger partial charge on any atom is 0.224 e. The standard InChI is InChI=1S/C18H29N3O2.ClH/c1-3-9-17(22)20-15-10-8-11-16(14(15)2)21-18(23)12-6-4-5-7-13-19;/h8,10-11H,3-7,9,12-13,19H2,1-2H3,(H,20,22)(H,21,23);1H. The van der Waals surface area contributed by atoms with Gasteiger partial charge in [-0.1, -0.05) is 25.8 Å². The minimum atomic E-state index is -0.000944. The molecule has 0 aliphatic rings. The highest BCUT2D eigenvalue weighted by Crippen LogP contribution is 2.24. The summed E-state index contributed by atoms with van der Waals surface area (Å²) < 4.78 is 0. The highest BCUT2D eigenvalue weighted by atomic mass is 35.5. The third-order valence-corrected chi connectivity index (χ3v) is 3.72. The molecule has 0 aliphatic carbocycles. The zero-order valence-electron chi connectivity index (χ0n) is 14.7. The van der Waals surface area contributed by atoms with Gasteiger partial charge in [-0.2, -0.15) is 0 Å². The van der Waals surface area contributed by atoms with E-state index in [4.69, 9.17) is 5.73 Å². The van der Waals surface area contributed by atoms with Crippen molar-refractivity contribution in [3.05, 3.63) is 23.8 Å². The van der Waals surface area contributed by atoms with Crippen molar-refractivity contribution in [3.63, 3.8) is 0 Å². The molecule has 2 amide bonds. The second-order valence-corrected chi connectivity index (χ2v) is 5.78. The number of benzene rings is 1. The van der Waals surface area contributed by atoms with Crippen LogP contribution in [0.25, 0.3) is 0 Å². The summed E-state index contributed by atoms with van der Waals surface area (Å²) in [5.41, 5.74) is 7.84. The van der Waals surface area contributed by atoms with Crippen molar-refractivity contribution in [2.45, 2.75) is 58.8 Å². The Bertz CT molecular complexity index is 521. The molecule has 0 aromatic heterocycles. The largest absolute Gasteiger partial charge is 0.330 e. The molecule has 0 saturated heterocycles. The second kappa shape index (κ2) is 12.8. The summed E-state index contributed by atoms with van der Waals surface area (Å²) in [5, 5.41) is 5.82. The molecule has 24 heavy (non-hydrogen) atoms. The number of halogens is 1. The van der Waals surface area contributed by atoms with Gasteiger partial charge in [-0.25, -0.2) is 0 Å². The minimum Gasteiger partial charge on any atom is -0.330 e. The molecule has 0 saturated carbocycles. The molecule has 6 heteroatoms. The van der Waals surface area contributed by atoms with E-state index in [2.05, 4.69) is 10.6 Å². The van der Waals surface area contributed by atoms with Crippen LogP contribution in [0.2, 0.25) is 0 Å². The molecular weight excluding hydrogens is 326 g/mol. The number of carbonyl (C=O) groups is 2. The van der Waals surface area contributed by atoms with Crippen molar-refractivity contribution in [1.82, 2.24) is 0 Å². The van der Waals surface area contributed by atoms with E-state index in [-0.39, 0.29) is 24.2 Å². The van der Waals surface area contributed by atoms with Crippen LogP contribution in [0.4, 0.5) is 11.4 Å². The lowest BCUT2D eigenvalue weighted by molar-refractivity contribution is -0.117. The van der Waals surface area contributed by atoms with Crippen LogP contribution in [0, 0.1) is 6.92 Å². The van der Waals surface area contributed by atoms with Crippen molar-refractivity contribution < 1.29 is 9.59 Å². The van der Waals surface area contributed by atoms with E-state index in [9.17, 15) is 9.59 Å². The quantitative estimate of drug-likeness (QED) is 0.554. The van der Waals surface area contributed by atoms with Crippen LogP contribution in [0.3, 0.4) is 0 Å². The highest BCUT2D eigenvalue weighted by molar-refractivity contribution is 5.95. The van der Waals surface area contributed by atoms with Crippen LogP contribution in [0.15, 0.2) is 18.2 Å².